The van der Waals surface area contributed by atoms with E-state index in [0.29, 0.717) is 10.5 Å². The molecule has 2 aliphatic heterocycles. The van der Waals surface area contributed by atoms with Gasteiger partial charge < -0.3 is 5.32 Å². The molecule has 8 nitrogen and oxygen atoms in total. The molecule has 0 spiro atoms. The molecule has 2 aromatic carbocycles. The molecule has 1 fully saturated rings. The maximum absolute atomic E-state index is 14.4. The minimum absolute atomic E-state index is 0.138. The van der Waals surface area contributed by atoms with Crippen molar-refractivity contribution < 1.29 is 36.7 Å². The zero-order valence-electron chi connectivity index (χ0n) is 16.7. The van der Waals surface area contributed by atoms with Gasteiger partial charge in [0.25, 0.3) is 11.8 Å². The van der Waals surface area contributed by atoms with Crippen LogP contribution in [0.25, 0.3) is 0 Å². The van der Waals surface area contributed by atoms with E-state index in [1.807, 2.05) is 0 Å². The van der Waals surface area contributed by atoms with Crippen molar-refractivity contribution in [2.24, 2.45) is 10.9 Å². The number of imide groups is 1. The third-order valence-electron chi connectivity index (χ3n) is 5.29. The smallest absolute Gasteiger partial charge is 0.329 e. The molecule has 12 heteroatoms. The van der Waals surface area contributed by atoms with Crippen molar-refractivity contribution in [2.75, 3.05) is 4.90 Å². The largest absolute Gasteiger partial charge is 0.422 e. The summed E-state index contributed by atoms with van der Waals surface area (Å²) in [7, 11) is 0. The first-order valence-electron chi connectivity index (χ1n) is 9.45. The molecule has 1 saturated heterocycles. The summed E-state index contributed by atoms with van der Waals surface area (Å²) < 4.78 is 56.5. The fourth-order valence-corrected chi connectivity index (χ4v) is 3.76. The van der Waals surface area contributed by atoms with E-state index < -0.39 is 53.0 Å². The number of aliphatic imine (C=N–C) groups is 1. The van der Waals surface area contributed by atoms with Crippen LogP contribution in [0.4, 0.5) is 28.0 Å². The highest BCUT2D eigenvalue weighted by Gasteiger charge is 2.74. The van der Waals surface area contributed by atoms with Gasteiger partial charge in [0.2, 0.25) is 11.4 Å². The lowest BCUT2D eigenvalue weighted by molar-refractivity contribution is -0.201. The van der Waals surface area contributed by atoms with E-state index in [0.717, 1.165) is 24.3 Å². The number of carbonyl (C=O) groups excluding carboxylic acids is 4. The van der Waals surface area contributed by atoms with Gasteiger partial charge in [-0.15, -0.1) is 0 Å². The van der Waals surface area contributed by atoms with E-state index in [1.54, 1.807) is 23.6 Å². The van der Waals surface area contributed by atoms with Crippen molar-refractivity contribution in [2.45, 2.75) is 18.6 Å². The van der Waals surface area contributed by atoms with E-state index in [4.69, 9.17) is 0 Å². The summed E-state index contributed by atoms with van der Waals surface area (Å²) in [6, 6.07) is 8.39. The molecule has 0 bridgehead atoms. The van der Waals surface area contributed by atoms with Gasteiger partial charge in [-0.05, 0) is 43.3 Å². The number of hydrogen-bond donors (Lipinski definition) is 2. The fourth-order valence-electron chi connectivity index (χ4n) is 3.76. The summed E-state index contributed by atoms with van der Waals surface area (Å²) in [6.45, 7) is 1.61. The quantitative estimate of drug-likeness (QED) is 0.684. The molecular formula is C21H14F4N4O4. The maximum Gasteiger partial charge on any atom is 0.422 e. The van der Waals surface area contributed by atoms with Gasteiger partial charge in [0.1, 0.15) is 17.6 Å². The van der Waals surface area contributed by atoms with Crippen LogP contribution in [-0.2, 0) is 9.59 Å². The summed E-state index contributed by atoms with van der Waals surface area (Å²) in [5, 5.41) is 3.42. The molecule has 2 N–H and O–H groups in total. The number of amidine groups is 1. The van der Waals surface area contributed by atoms with Gasteiger partial charge in [-0.1, -0.05) is 17.7 Å². The van der Waals surface area contributed by atoms with Crippen LogP contribution in [0.1, 0.15) is 15.9 Å². The lowest BCUT2D eigenvalue weighted by atomic mass is 9.81. The Bertz CT molecular complexity index is 1230. The Morgan fingerprint density at radius 3 is 2.39 bits per heavy atom. The van der Waals surface area contributed by atoms with Crippen molar-refractivity contribution in [3.8, 4) is 0 Å². The Kier molecular flexibility index (Phi) is 5.03. The third kappa shape index (κ3) is 3.43. The van der Waals surface area contributed by atoms with E-state index in [2.05, 4.69) is 4.99 Å². The standard InChI is InChI=1S/C21H14F4N4O4/c1-10-3-2-4-11(9-10)16(30)28-20(21(23,24)25)14-15(26-18(20)32)29(19(33)27-17(14)31)13-7-5-12(22)6-8-13/h2-9,14H,1H3,(H,28,30)(H,27,31,33). The van der Waals surface area contributed by atoms with Gasteiger partial charge in [-0.25, -0.2) is 14.1 Å². The SMILES string of the molecule is Cc1cccc(C(=O)NC2(C(F)(F)F)C(=O)N=C3C2C(=O)NC(=O)N3c2ccc(F)cc2)c1. The van der Waals surface area contributed by atoms with Crippen molar-refractivity contribution in [1.29, 1.82) is 0 Å². The monoisotopic (exact) mass is 462 g/mol. The van der Waals surface area contributed by atoms with Crippen LogP contribution in [0.15, 0.2) is 53.5 Å². The molecule has 2 unspecified atom stereocenters. The first-order valence-corrected chi connectivity index (χ1v) is 9.45. The van der Waals surface area contributed by atoms with Crippen molar-refractivity contribution in [3.63, 3.8) is 0 Å². The number of aryl methyl sites for hydroxylation is 1. The van der Waals surface area contributed by atoms with Crippen LogP contribution in [-0.4, -0.2) is 41.3 Å². The number of nitrogens with one attached hydrogen (secondary N) is 2. The highest BCUT2D eigenvalue weighted by Crippen LogP contribution is 2.44. The average molecular weight is 462 g/mol. The number of rotatable bonds is 3. The number of alkyl halides is 3. The van der Waals surface area contributed by atoms with Crippen LogP contribution in [0.3, 0.4) is 0 Å². The average Bonchev–Trinajstić information content (AvgIpc) is 3.02. The van der Waals surface area contributed by atoms with Crippen LogP contribution < -0.4 is 15.5 Å². The first-order chi connectivity index (χ1) is 15.5. The Morgan fingerprint density at radius 1 is 1.12 bits per heavy atom. The van der Waals surface area contributed by atoms with Crippen LogP contribution in [0, 0.1) is 18.7 Å². The molecule has 33 heavy (non-hydrogen) atoms. The molecule has 2 aliphatic rings. The van der Waals surface area contributed by atoms with E-state index in [1.165, 1.54) is 18.2 Å². The Labute approximate surface area is 183 Å². The Hall–Kier alpha value is -4.09. The number of urea groups is 1. The maximum atomic E-state index is 14.4. The summed E-state index contributed by atoms with van der Waals surface area (Å²) in [4.78, 5) is 54.4. The molecule has 4 rings (SSSR count). The van der Waals surface area contributed by atoms with Crippen molar-refractivity contribution in [3.05, 3.63) is 65.5 Å². The van der Waals surface area contributed by atoms with E-state index in [-0.39, 0.29) is 11.3 Å². The van der Waals surface area contributed by atoms with Gasteiger partial charge in [0.05, 0.1) is 5.69 Å². The molecule has 2 heterocycles. The fraction of sp³-hybridized carbons (Fsp3) is 0.190. The van der Waals surface area contributed by atoms with Crippen LogP contribution in [0.2, 0.25) is 0 Å². The second kappa shape index (κ2) is 7.50. The zero-order valence-corrected chi connectivity index (χ0v) is 16.7. The predicted molar refractivity (Wildman–Crippen MR) is 106 cm³/mol. The number of benzene rings is 2. The number of amides is 5. The third-order valence-corrected chi connectivity index (χ3v) is 5.29. The molecule has 5 amide bonds. The normalized spacial score (nSPS) is 22.6. The number of fused-ring (bicyclic) bond motifs is 1. The molecule has 170 valence electrons. The topological polar surface area (TPSA) is 108 Å². The minimum Gasteiger partial charge on any atom is -0.329 e. The number of halogens is 4. The summed E-state index contributed by atoms with van der Waals surface area (Å²) >= 11 is 0. The van der Waals surface area contributed by atoms with Crippen molar-refractivity contribution >= 4 is 35.3 Å². The number of carbonyl (C=O) groups is 4. The number of nitrogens with zero attached hydrogens (tertiary/aromatic N) is 2. The molecule has 0 aromatic heterocycles. The number of anilines is 1. The second-order valence-electron chi connectivity index (χ2n) is 7.44. The molecular weight excluding hydrogens is 448 g/mol. The predicted octanol–water partition coefficient (Wildman–Crippen LogP) is 2.48. The lowest BCUT2D eigenvalue weighted by Gasteiger charge is -2.39. The second-order valence-corrected chi connectivity index (χ2v) is 7.44. The van der Waals surface area contributed by atoms with Gasteiger partial charge in [0.15, 0.2) is 0 Å². The summed E-state index contributed by atoms with van der Waals surface area (Å²) in [6.07, 6.45) is -5.47. The van der Waals surface area contributed by atoms with E-state index >= 15 is 0 Å². The zero-order chi connectivity index (χ0) is 24.1. The lowest BCUT2D eigenvalue weighted by Crippen LogP contribution is -2.72. The molecule has 0 radical (unpaired) electrons. The van der Waals surface area contributed by atoms with Gasteiger partial charge in [-0.3, -0.25) is 19.7 Å². The molecule has 0 saturated carbocycles. The van der Waals surface area contributed by atoms with Crippen LogP contribution >= 0.6 is 0 Å². The Balaban J connectivity index is 1.82. The molecule has 0 aliphatic carbocycles. The summed E-state index contributed by atoms with van der Waals surface area (Å²) in [5.74, 6) is -8.52. The van der Waals surface area contributed by atoms with E-state index in [9.17, 15) is 36.7 Å². The highest BCUT2D eigenvalue weighted by molar-refractivity contribution is 6.35. The van der Waals surface area contributed by atoms with Crippen LogP contribution in [0.5, 0.6) is 0 Å². The highest BCUT2D eigenvalue weighted by atomic mass is 19.4. The van der Waals surface area contributed by atoms with Gasteiger partial charge >= 0.3 is 12.2 Å². The van der Waals surface area contributed by atoms with Crippen molar-refractivity contribution in [1.82, 2.24) is 10.6 Å². The van der Waals surface area contributed by atoms with Gasteiger partial charge in [0, 0.05) is 5.56 Å². The van der Waals surface area contributed by atoms with Gasteiger partial charge in [-0.2, -0.15) is 18.2 Å². The Morgan fingerprint density at radius 2 is 1.79 bits per heavy atom. The first kappa shape index (κ1) is 22.1. The minimum atomic E-state index is -5.47. The molecule has 2 atom stereocenters. The number of hydrogen-bond acceptors (Lipinski definition) is 4. The summed E-state index contributed by atoms with van der Waals surface area (Å²) in [5.41, 5.74) is -3.50. The molecule has 2 aromatic rings.